The molecule has 0 bridgehead atoms. The topological polar surface area (TPSA) is 79.5 Å². The number of aliphatic hydroxyl groups is 1. The Balaban J connectivity index is 2.23. The minimum absolute atomic E-state index is 0.0931. The molecule has 1 atom stereocenters. The van der Waals surface area contributed by atoms with Crippen LogP contribution in [0.1, 0.15) is 36.0 Å². The van der Waals surface area contributed by atoms with Crippen LogP contribution in [0, 0.1) is 0 Å². The van der Waals surface area contributed by atoms with Gasteiger partial charge in [0.25, 0.3) is 5.91 Å². The summed E-state index contributed by atoms with van der Waals surface area (Å²) in [6.07, 6.45) is 5.23. The molecule has 0 spiro atoms. The van der Waals surface area contributed by atoms with Crippen LogP contribution in [-0.2, 0) is 0 Å². The number of nitrogens with zero attached hydrogens (tertiary/aromatic N) is 2. The Bertz CT molecular complexity index is 465. The smallest absolute Gasteiger partial charge is 0.257 e. The Morgan fingerprint density at radius 1 is 1.58 bits per heavy atom. The molecule has 1 saturated heterocycles. The first-order valence-corrected chi connectivity index (χ1v) is 7.25. The van der Waals surface area contributed by atoms with Crippen molar-refractivity contribution in [3.8, 4) is 0 Å². The molecule has 1 unspecified atom stereocenters. The van der Waals surface area contributed by atoms with Crippen LogP contribution in [0.3, 0.4) is 0 Å². The summed E-state index contributed by atoms with van der Waals surface area (Å²) in [4.78, 5) is 18.4. The van der Waals surface area contributed by atoms with Crippen LogP contribution in [-0.4, -0.2) is 40.1 Å². The molecule has 104 valence electrons. The average Bonchev–Trinajstić information content (AvgIpc) is 2.42. The number of nitrogens with two attached hydrogens (primary N) is 1. The highest BCUT2D eigenvalue weighted by Crippen LogP contribution is 2.24. The van der Waals surface area contributed by atoms with Gasteiger partial charge in [-0.05, 0) is 47.7 Å². The Morgan fingerprint density at radius 3 is 3.11 bits per heavy atom. The van der Waals surface area contributed by atoms with Gasteiger partial charge in [0.15, 0.2) is 0 Å². The molecule has 1 aliphatic heterocycles. The quantitative estimate of drug-likeness (QED) is 0.887. The number of likely N-dealkylation sites (tertiary alicyclic amines) is 1. The number of aliphatic hydroxyl groups excluding tert-OH is 1. The maximum absolute atomic E-state index is 12.6. The van der Waals surface area contributed by atoms with Crippen molar-refractivity contribution in [2.75, 3.05) is 18.9 Å². The molecule has 1 aromatic rings. The summed E-state index contributed by atoms with van der Waals surface area (Å²) in [5, 5.41) is 9.10. The second-order valence-corrected chi connectivity index (χ2v) is 5.66. The molecular formula is C13H18BrN3O2. The first kappa shape index (κ1) is 14.3. The van der Waals surface area contributed by atoms with Gasteiger partial charge in [-0.2, -0.15) is 0 Å². The van der Waals surface area contributed by atoms with E-state index >= 15 is 0 Å². The predicted octanol–water partition coefficient (Wildman–Crippen LogP) is 1.80. The number of carbonyl (C=O) groups is 1. The lowest BCUT2D eigenvalue weighted by atomic mass is 9.98. The summed E-state index contributed by atoms with van der Waals surface area (Å²) in [5.74, 6) is 0.158. The zero-order valence-corrected chi connectivity index (χ0v) is 12.3. The molecule has 1 fully saturated rings. The largest absolute Gasteiger partial charge is 0.396 e. The van der Waals surface area contributed by atoms with Gasteiger partial charge in [-0.25, -0.2) is 4.98 Å². The molecule has 0 radical (unpaired) electrons. The number of amides is 1. The number of pyridine rings is 1. The Morgan fingerprint density at radius 2 is 2.37 bits per heavy atom. The predicted molar refractivity (Wildman–Crippen MR) is 76.7 cm³/mol. The summed E-state index contributed by atoms with van der Waals surface area (Å²) in [6.45, 7) is 0.816. The van der Waals surface area contributed by atoms with E-state index in [0.29, 0.717) is 12.0 Å². The fourth-order valence-electron chi connectivity index (χ4n) is 2.49. The standard InChI is InChI=1S/C13H18BrN3O2/c14-9-7-11(12(15)16-8-9)13(19)17-5-2-1-3-10(17)4-6-18/h7-8,10,18H,1-6H2,(H2,15,16). The van der Waals surface area contributed by atoms with Crippen molar-refractivity contribution in [2.45, 2.75) is 31.7 Å². The average molecular weight is 328 g/mol. The van der Waals surface area contributed by atoms with Gasteiger partial charge in [0.2, 0.25) is 0 Å². The van der Waals surface area contributed by atoms with Crippen LogP contribution < -0.4 is 5.73 Å². The van der Waals surface area contributed by atoms with Crippen LogP contribution in [0.15, 0.2) is 16.7 Å². The lowest BCUT2D eigenvalue weighted by molar-refractivity contribution is 0.0575. The molecule has 6 heteroatoms. The molecule has 0 saturated carbocycles. The fourth-order valence-corrected chi connectivity index (χ4v) is 2.82. The molecule has 2 heterocycles. The van der Waals surface area contributed by atoms with Crippen molar-refractivity contribution in [2.24, 2.45) is 0 Å². The van der Waals surface area contributed by atoms with Crippen molar-refractivity contribution in [3.05, 3.63) is 22.3 Å². The highest BCUT2D eigenvalue weighted by Gasteiger charge is 2.28. The number of carbonyl (C=O) groups excluding carboxylic acids is 1. The number of rotatable bonds is 3. The highest BCUT2D eigenvalue weighted by molar-refractivity contribution is 9.10. The molecule has 2 rings (SSSR count). The molecule has 1 amide bonds. The van der Waals surface area contributed by atoms with E-state index in [4.69, 9.17) is 10.8 Å². The van der Waals surface area contributed by atoms with Gasteiger partial charge in [-0.3, -0.25) is 4.79 Å². The van der Waals surface area contributed by atoms with Crippen molar-refractivity contribution >= 4 is 27.7 Å². The third kappa shape index (κ3) is 3.25. The SMILES string of the molecule is Nc1ncc(Br)cc1C(=O)N1CCCCC1CCO. The number of hydrogen-bond donors (Lipinski definition) is 2. The second kappa shape index (κ2) is 6.34. The number of aromatic nitrogens is 1. The number of nitrogen functional groups attached to an aromatic ring is 1. The summed E-state index contributed by atoms with van der Waals surface area (Å²) in [7, 11) is 0. The maximum atomic E-state index is 12.6. The zero-order valence-electron chi connectivity index (χ0n) is 10.7. The Hall–Kier alpha value is -1.14. The molecule has 1 aliphatic rings. The van der Waals surface area contributed by atoms with Crippen LogP contribution in [0.2, 0.25) is 0 Å². The minimum atomic E-state index is -0.0931. The second-order valence-electron chi connectivity index (χ2n) is 4.75. The van der Waals surface area contributed by atoms with Gasteiger partial charge in [0.05, 0.1) is 5.56 Å². The van der Waals surface area contributed by atoms with Crippen LogP contribution >= 0.6 is 15.9 Å². The number of halogens is 1. The monoisotopic (exact) mass is 327 g/mol. The van der Waals surface area contributed by atoms with E-state index in [1.807, 2.05) is 4.90 Å². The summed E-state index contributed by atoms with van der Waals surface area (Å²) in [5.41, 5.74) is 6.22. The first-order chi connectivity index (χ1) is 9.13. The van der Waals surface area contributed by atoms with Crippen molar-refractivity contribution in [1.29, 1.82) is 0 Å². The highest BCUT2D eigenvalue weighted by atomic mass is 79.9. The van der Waals surface area contributed by atoms with Crippen molar-refractivity contribution in [3.63, 3.8) is 0 Å². The third-order valence-electron chi connectivity index (χ3n) is 3.47. The molecule has 1 aromatic heterocycles. The van der Waals surface area contributed by atoms with E-state index in [2.05, 4.69) is 20.9 Å². The first-order valence-electron chi connectivity index (χ1n) is 6.46. The molecule has 0 aromatic carbocycles. The van der Waals surface area contributed by atoms with Gasteiger partial charge in [0, 0.05) is 29.9 Å². The van der Waals surface area contributed by atoms with E-state index in [1.165, 1.54) is 0 Å². The fraction of sp³-hybridized carbons (Fsp3) is 0.538. The molecule has 3 N–H and O–H groups in total. The van der Waals surface area contributed by atoms with E-state index in [9.17, 15) is 4.79 Å². The number of anilines is 1. The van der Waals surface area contributed by atoms with Gasteiger partial charge < -0.3 is 15.7 Å². The van der Waals surface area contributed by atoms with Gasteiger partial charge >= 0.3 is 0 Å². The number of hydrogen-bond acceptors (Lipinski definition) is 4. The van der Waals surface area contributed by atoms with Crippen LogP contribution in [0.25, 0.3) is 0 Å². The maximum Gasteiger partial charge on any atom is 0.257 e. The van der Waals surface area contributed by atoms with E-state index in [-0.39, 0.29) is 24.4 Å². The summed E-state index contributed by atoms with van der Waals surface area (Å²) < 4.78 is 0.737. The van der Waals surface area contributed by atoms with Gasteiger partial charge in [0.1, 0.15) is 5.82 Å². The van der Waals surface area contributed by atoms with Crippen molar-refractivity contribution < 1.29 is 9.90 Å². The molecule has 5 nitrogen and oxygen atoms in total. The van der Waals surface area contributed by atoms with Crippen LogP contribution in [0.5, 0.6) is 0 Å². The normalized spacial score (nSPS) is 19.5. The number of piperidine rings is 1. The van der Waals surface area contributed by atoms with Gasteiger partial charge in [-0.15, -0.1) is 0 Å². The minimum Gasteiger partial charge on any atom is -0.396 e. The van der Waals surface area contributed by atoms with Gasteiger partial charge in [-0.1, -0.05) is 0 Å². The van der Waals surface area contributed by atoms with E-state index < -0.39 is 0 Å². The molecule has 19 heavy (non-hydrogen) atoms. The third-order valence-corrected chi connectivity index (χ3v) is 3.90. The lowest BCUT2D eigenvalue weighted by Gasteiger charge is -2.35. The Kier molecular flexibility index (Phi) is 4.76. The van der Waals surface area contributed by atoms with E-state index in [1.54, 1.807) is 12.3 Å². The Labute approximate surface area is 120 Å². The molecule has 0 aliphatic carbocycles. The van der Waals surface area contributed by atoms with Crippen LogP contribution in [0.4, 0.5) is 5.82 Å². The zero-order chi connectivity index (χ0) is 13.8. The van der Waals surface area contributed by atoms with E-state index in [0.717, 1.165) is 30.3 Å². The summed E-state index contributed by atoms with van der Waals surface area (Å²) in [6, 6.07) is 1.81. The lowest BCUT2D eigenvalue weighted by Crippen LogP contribution is -2.44. The van der Waals surface area contributed by atoms with Crippen molar-refractivity contribution in [1.82, 2.24) is 9.88 Å². The summed E-state index contributed by atoms with van der Waals surface area (Å²) >= 11 is 3.31. The molecular weight excluding hydrogens is 310 g/mol.